The zero-order chi connectivity index (χ0) is 30.8. The minimum absolute atomic E-state index is 0.0200. The van der Waals surface area contributed by atoms with Crippen molar-refractivity contribution in [2.24, 2.45) is 0 Å². The molecule has 3 amide bonds. The van der Waals surface area contributed by atoms with Crippen LogP contribution in [0.5, 0.6) is 0 Å². The lowest BCUT2D eigenvalue weighted by atomic mass is 10.1. The fourth-order valence-electron chi connectivity index (χ4n) is 5.12. The number of anilines is 3. The normalized spacial score (nSPS) is 22.7. The van der Waals surface area contributed by atoms with Gasteiger partial charge in [-0.1, -0.05) is 25.8 Å². The number of likely N-dealkylation sites (N-methyl/N-ethyl adjacent to an activating group) is 1. The van der Waals surface area contributed by atoms with Gasteiger partial charge in [0.2, 0.25) is 10.0 Å². The smallest absolute Gasteiger partial charge is 0.324 e. The van der Waals surface area contributed by atoms with Crippen molar-refractivity contribution in [2.75, 3.05) is 27.7 Å². The minimum atomic E-state index is -3.51. The van der Waals surface area contributed by atoms with Crippen molar-refractivity contribution in [1.82, 2.24) is 24.8 Å². The maximum atomic E-state index is 12.9. The lowest BCUT2D eigenvalue weighted by Gasteiger charge is -2.24. The summed E-state index contributed by atoms with van der Waals surface area (Å²) in [6.07, 6.45) is 2.10. The quantitative estimate of drug-likeness (QED) is 0.233. The Morgan fingerprint density at radius 3 is 2.56 bits per heavy atom. The average Bonchev–Trinajstić information content (AvgIpc) is 3.59. The molecule has 0 aliphatic carbocycles. The first-order valence-corrected chi connectivity index (χ1v) is 15.8. The highest BCUT2D eigenvalue weighted by Crippen LogP contribution is 2.44. The number of rotatable bonds is 11. The van der Waals surface area contributed by atoms with Crippen molar-refractivity contribution in [2.45, 2.75) is 77.3 Å². The number of amides is 3. The van der Waals surface area contributed by atoms with E-state index in [1.54, 1.807) is 36.6 Å². The predicted molar refractivity (Wildman–Crippen MR) is 158 cm³/mol. The first kappa shape index (κ1) is 30.6. The fourth-order valence-corrected chi connectivity index (χ4v) is 6.29. The maximum absolute atomic E-state index is 12.9. The molecular weight excluding hydrogens is 580 g/mol. The van der Waals surface area contributed by atoms with Crippen LogP contribution in [0.2, 0.25) is 0 Å². The molecule has 2 fully saturated rings. The van der Waals surface area contributed by atoms with Crippen LogP contribution >= 0.6 is 0 Å². The highest BCUT2D eigenvalue weighted by atomic mass is 32.2. The van der Waals surface area contributed by atoms with Gasteiger partial charge in [0.25, 0.3) is 5.91 Å². The third-order valence-electron chi connectivity index (χ3n) is 6.91. The van der Waals surface area contributed by atoms with Crippen molar-refractivity contribution in [1.29, 1.82) is 0 Å². The molecule has 2 saturated heterocycles. The number of fused-ring (bicyclic) bond motifs is 2. The lowest BCUT2D eigenvalue weighted by molar-refractivity contribution is -0.197. The molecule has 0 spiro atoms. The molecule has 43 heavy (non-hydrogen) atoms. The van der Waals surface area contributed by atoms with E-state index in [4.69, 9.17) is 14.2 Å². The third-order valence-corrected chi connectivity index (χ3v) is 8.29. The first-order chi connectivity index (χ1) is 20.5. The molecule has 2 aromatic heterocycles. The summed E-state index contributed by atoms with van der Waals surface area (Å²) in [4.78, 5) is 38.6. The SMILES string of the molecule is CCCCCS(=O)(=O)Nc1cccc(NC(=O)Nc2ncnc3c2ncn3[C@@H]2O[C@H](C(=O)NCC)[C@H]3OC(C)(C)O[C@H]32)c1. The lowest BCUT2D eigenvalue weighted by Crippen LogP contribution is -2.42. The number of hydrogen-bond acceptors (Lipinski definition) is 10. The Bertz CT molecular complexity index is 1590. The molecule has 4 atom stereocenters. The van der Waals surface area contributed by atoms with Crippen LogP contribution in [0, 0.1) is 0 Å². The first-order valence-electron chi connectivity index (χ1n) is 14.1. The maximum Gasteiger partial charge on any atom is 0.324 e. The van der Waals surface area contributed by atoms with Crippen LogP contribution in [0.4, 0.5) is 22.0 Å². The number of carbonyl (C=O) groups is 2. The molecule has 4 N–H and O–H groups in total. The van der Waals surface area contributed by atoms with Gasteiger partial charge in [-0.15, -0.1) is 0 Å². The number of nitrogens with one attached hydrogen (secondary N) is 4. The van der Waals surface area contributed by atoms with Crippen molar-refractivity contribution >= 4 is 50.3 Å². The summed E-state index contributed by atoms with van der Waals surface area (Å²) in [6, 6.07) is 5.75. The second kappa shape index (κ2) is 12.4. The van der Waals surface area contributed by atoms with E-state index >= 15 is 0 Å². The molecule has 0 saturated carbocycles. The molecule has 4 heterocycles. The van der Waals surface area contributed by atoms with Crippen LogP contribution < -0.4 is 20.7 Å². The zero-order valence-electron chi connectivity index (χ0n) is 24.4. The number of imidazole rings is 1. The van der Waals surface area contributed by atoms with Crippen molar-refractivity contribution in [3.8, 4) is 0 Å². The van der Waals surface area contributed by atoms with Gasteiger partial charge >= 0.3 is 6.03 Å². The van der Waals surface area contributed by atoms with E-state index in [-0.39, 0.29) is 23.0 Å². The number of ether oxygens (including phenoxy) is 3. The molecule has 0 radical (unpaired) electrons. The molecule has 5 rings (SSSR count). The van der Waals surface area contributed by atoms with E-state index in [2.05, 4.69) is 35.6 Å². The second-order valence-corrected chi connectivity index (χ2v) is 12.6. The second-order valence-electron chi connectivity index (χ2n) is 10.7. The van der Waals surface area contributed by atoms with Crippen LogP contribution in [0.15, 0.2) is 36.9 Å². The van der Waals surface area contributed by atoms with E-state index < -0.39 is 46.4 Å². The van der Waals surface area contributed by atoms with Gasteiger partial charge < -0.3 is 24.8 Å². The van der Waals surface area contributed by atoms with Crippen LogP contribution in [-0.2, 0) is 29.0 Å². The summed E-state index contributed by atoms with van der Waals surface area (Å²) in [5.74, 6) is -1.09. The number of aromatic nitrogens is 4. The molecule has 0 bridgehead atoms. The Morgan fingerprint density at radius 2 is 1.79 bits per heavy atom. The number of benzene rings is 1. The van der Waals surface area contributed by atoms with E-state index in [0.717, 1.165) is 12.8 Å². The van der Waals surface area contributed by atoms with E-state index in [0.29, 0.717) is 30.0 Å². The number of urea groups is 1. The Labute approximate surface area is 249 Å². The van der Waals surface area contributed by atoms with Gasteiger partial charge in [0.1, 0.15) is 18.5 Å². The Hall–Kier alpha value is -3.86. The molecule has 232 valence electrons. The van der Waals surface area contributed by atoms with E-state index in [1.807, 2.05) is 13.8 Å². The predicted octanol–water partition coefficient (Wildman–Crippen LogP) is 2.96. The van der Waals surface area contributed by atoms with Crippen molar-refractivity contribution < 1.29 is 32.2 Å². The standard InChI is InChI=1S/C27H36N8O7S/c1-5-7-8-12-43(38,39)34-17-11-9-10-16(13-17)32-26(37)33-22-18-23(30-14-29-22)35(15-31-18)25-21-19(41-27(3,4)42-21)20(40-25)24(36)28-6-2/h9-11,13-15,19-21,25,34H,5-8,12H2,1-4H3,(H,28,36)(H2,29,30,32,33,37)/t19-,20+,21-,25-/m1/s1. The zero-order valence-corrected chi connectivity index (χ0v) is 25.2. The summed E-state index contributed by atoms with van der Waals surface area (Å²) in [5.41, 5.74) is 1.33. The van der Waals surface area contributed by atoms with Crippen LogP contribution in [0.3, 0.4) is 0 Å². The molecule has 0 unspecified atom stereocenters. The summed E-state index contributed by atoms with van der Waals surface area (Å²) < 4.78 is 47.1. The number of carbonyl (C=O) groups excluding carboxylic acids is 2. The van der Waals surface area contributed by atoms with Gasteiger partial charge in [-0.25, -0.2) is 28.2 Å². The highest BCUT2D eigenvalue weighted by molar-refractivity contribution is 7.92. The van der Waals surface area contributed by atoms with Crippen molar-refractivity contribution in [3.63, 3.8) is 0 Å². The van der Waals surface area contributed by atoms with E-state index in [9.17, 15) is 18.0 Å². The van der Waals surface area contributed by atoms with Gasteiger partial charge in [0.05, 0.1) is 17.8 Å². The summed E-state index contributed by atoms with van der Waals surface area (Å²) in [7, 11) is -3.51. The Balaban J connectivity index is 1.30. The van der Waals surface area contributed by atoms with Crippen LogP contribution in [-0.4, -0.2) is 76.3 Å². The monoisotopic (exact) mass is 616 g/mol. The average molecular weight is 617 g/mol. The summed E-state index contributed by atoms with van der Waals surface area (Å²) >= 11 is 0. The van der Waals surface area contributed by atoms with Crippen molar-refractivity contribution in [3.05, 3.63) is 36.9 Å². The van der Waals surface area contributed by atoms with Crippen LogP contribution in [0.25, 0.3) is 11.2 Å². The number of hydrogen-bond donors (Lipinski definition) is 4. The Kier molecular flexibility index (Phi) is 8.82. The minimum Gasteiger partial charge on any atom is -0.354 e. The molecular formula is C27H36N8O7S. The number of unbranched alkanes of at least 4 members (excludes halogenated alkanes) is 2. The fraction of sp³-hybridized carbons (Fsp3) is 0.519. The van der Waals surface area contributed by atoms with Gasteiger partial charge in [-0.05, 0) is 45.4 Å². The van der Waals surface area contributed by atoms with Crippen LogP contribution in [0.1, 0.15) is 53.2 Å². The topological polar surface area (TPSA) is 188 Å². The summed E-state index contributed by atoms with van der Waals surface area (Å²) in [5, 5.41) is 8.11. The third kappa shape index (κ3) is 6.87. The molecule has 15 nitrogen and oxygen atoms in total. The molecule has 2 aliphatic heterocycles. The molecule has 3 aromatic rings. The van der Waals surface area contributed by atoms with Gasteiger partial charge in [0, 0.05) is 12.2 Å². The Morgan fingerprint density at radius 1 is 1.02 bits per heavy atom. The highest BCUT2D eigenvalue weighted by Gasteiger charge is 2.58. The van der Waals surface area contributed by atoms with E-state index in [1.165, 1.54) is 18.7 Å². The molecule has 2 aliphatic rings. The van der Waals surface area contributed by atoms with Gasteiger partial charge in [-0.3, -0.25) is 19.4 Å². The van der Waals surface area contributed by atoms with Gasteiger partial charge in [0.15, 0.2) is 35.1 Å². The van der Waals surface area contributed by atoms with Gasteiger partial charge in [-0.2, -0.15) is 0 Å². The number of sulfonamides is 1. The molecule has 1 aromatic carbocycles. The number of nitrogens with zero attached hydrogens (tertiary/aromatic N) is 4. The largest absolute Gasteiger partial charge is 0.354 e. The summed E-state index contributed by atoms with van der Waals surface area (Å²) in [6.45, 7) is 7.79. The molecule has 16 heteroatoms.